The van der Waals surface area contributed by atoms with Crippen LogP contribution in [0.2, 0.25) is 0 Å². The zero-order valence-electron chi connectivity index (χ0n) is 6.93. The summed E-state index contributed by atoms with van der Waals surface area (Å²) in [6.45, 7) is 1.80. The second-order valence-corrected chi connectivity index (χ2v) is 3.33. The summed E-state index contributed by atoms with van der Waals surface area (Å²) in [4.78, 5) is 0. The smallest absolute Gasteiger partial charge is 0.143 e. The molecule has 0 aromatic carbocycles. The van der Waals surface area contributed by atoms with Crippen molar-refractivity contribution in [2.75, 3.05) is 0 Å². The van der Waals surface area contributed by atoms with E-state index >= 15 is 0 Å². The molecule has 1 aliphatic rings. The van der Waals surface area contributed by atoms with Crippen LogP contribution in [0.15, 0.2) is 4.52 Å². The van der Waals surface area contributed by atoms with Gasteiger partial charge in [0.2, 0.25) is 0 Å². The number of nitrogens with zero attached hydrogens (tertiary/aromatic N) is 1. The lowest BCUT2D eigenvalue weighted by Crippen LogP contribution is -2.13. The molecule has 1 aromatic rings. The van der Waals surface area contributed by atoms with Crippen molar-refractivity contribution in [2.24, 2.45) is 5.73 Å². The summed E-state index contributed by atoms with van der Waals surface area (Å²) in [6, 6.07) is 0. The van der Waals surface area contributed by atoms with Crippen LogP contribution >= 0.6 is 0 Å². The molecule has 0 fully saturated rings. The van der Waals surface area contributed by atoms with Gasteiger partial charge in [-0.25, -0.2) is 4.39 Å². The Bertz CT molecular complexity index is 306. The van der Waals surface area contributed by atoms with E-state index < -0.39 is 5.67 Å². The Kier molecular flexibility index (Phi) is 1.48. The van der Waals surface area contributed by atoms with E-state index in [0.29, 0.717) is 29.9 Å². The van der Waals surface area contributed by atoms with Crippen LogP contribution in [0.4, 0.5) is 4.39 Å². The lowest BCUT2D eigenvalue weighted by atomic mass is 10.0. The quantitative estimate of drug-likeness (QED) is 0.690. The third-order valence-corrected chi connectivity index (χ3v) is 2.37. The first-order valence-electron chi connectivity index (χ1n) is 4.02. The molecule has 1 aromatic heterocycles. The van der Waals surface area contributed by atoms with E-state index in [-0.39, 0.29) is 6.54 Å². The van der Waals surface area contributed by atoms with Gasteiger partial charge < -0.3 is 10.3 Å². The van der Waals surface area contributed by atoms with Gasteiger partial charge in [-0.2, -0.15) is 0 Å². The molecule has 4 heteroatoms. The summed E-state index contributed by atoms with van der Waals surface area (Å²) in [6.07, 6.45) is 1.12. The van der Waals surface area contributed by atoms with Crippen molar-refractivity contribution >= 4 is 0 Å². The largest absolute Gasteiger partial charge is 0.361 e. The van der Waals surface area contributed by atoms with Gasteiger partial charge in [-0.05, 0) is 13.3 Å². The summed E-state index contributed by atoms with van der Waals surface area (Å²) in [5.74, 6) is 0.667. The van der Waals surface area contributed by atoms with Crippen molar-refractivity contribution in [1.29, 1.82) is 0 Å². The van der Waals surface area contributed by atoms with Crippen molar-refractivity contribution in [2.45, 2.75) is 32.0 Å². The molecule has 0 saturated heterocycles. The van der Waals surface area contributed by atoms with E-state index in [4.69, 9.17) is 10.3 Å². The molecule has 0 saturated carbocycles. The van der Waals surface area contributed by atoms with Gasteiger partial charge in [-0.15, -0.1) is 0 Å². The van der Waals surface area contributed by atoms with Crippen LogP contribution in [0.25, 0.3) is 0 Å². The van der Waals surface area contributed by atoms with Gasteiger partial charge in [0.1, 0.15) is 17.1 Å². The van der Waals surface area contributed by atoms with Crippen LogP contribution in [0.5, 0.6) is 0 Å². The minimum Gasteiger partial charge on any atom is -0.361 e. The fraction of sp³-hybridized carbons (Fsp3) is 0.625. The van der Waals surface area contributed by atoms with Crippen molar-refractivity contribution in [3.63, 3.8) is 0 Å². The first kappa shape index (κ1) is 7.73. The van der Waals surface area contributed by atoms with E-state index in [1.54, 1.807) is 6.92 Å². The molecular formula is C8H11FN2O. The van der Waals surface area contributed by atoms with E-state index in [9.17, 15) is 4.39 Å². The highest BCUT2D eigenvalue weighted by Crippen LogP contribution is 2.41. The zero-order valence-corrected chi connectivity index (χ0v) is 6.93. The predicted molar refractivity (Wildman–Crippen MR) is 41.2 cm³/mol. The van der Waals surface area contributed by atoms with Crippen LogP contribution in [0, 0.1) is 0 Å². The number of rotatable bonds is 1. The van der Waals surface area contributed by atoms with Gasteiger partial charge in [0.05, 0.1) is 5.56 Å². The molecule has 2 rings (SSSR count). The second-order valence-electron chi connectivity index (χ2n) is 3.33. The Hall–Kier alpha value is -0.900. The van der Waals surface area contributed by atoms with E-state index in [1.807, 2.05) is 0 Å². The Morgan fingerprint density at radius 2 is 2.50 bits per heavy atom. The molecule has 3 nitrogen and oxygen atoms in total. The standard InChI is InChI=1S/C8H11FN2O/c1-8(9)3-2-6-7(8)5(4-10)11-12-6/h2-4,10H2,1H3. The number of fused-ring (bicyclic) bond motifs is 1. The molecule has 0 radical (unpaired) electrons. The zero-order chi connectivity index (χ0) is 8.77. The fourth-order valence-electron chi connectivity index (χ4n) is 1.74. The van der Waals surface area contributed by atoms with Gasteiger partial charge in [0.25, 0.3) is 0 Å². The van der Waals surface area contributed by atoms with E-state index in [2.05, 4.69) is 5.16 Å². The topological polar surface area (TPSA) is 52.0 Å². The maximum Gasteiger partial charge on any atom is 0.143 e. The Morgan fingerprint density at radius 1 is 1.75 bits per heavy atom. The van der Waals surface area contributed by atoms with Crippen LogP contribution < -0.4 is 5.73 Å². The molecule has 1 atom stereocenters. The van der Waals surface area contributed by atoms with Gasteiger partial charge in [0, 0.05) is 13.0 Å². The molecular weight excluding hydrogens is 159 g/mol. The van der Waals surface area contributed by atoms with Crippen molar-refractivity contribution in [3.05, 3.63) is 17.0 Å². The molecule has 0 aliphatic heterocycles. The molecule has 2 N–H and O–H groups in total. The van der Waals surface area contributed by atoms with Crippen LogP contribution in [0.1, 0.15) is 30.4 Å². The van der Waals surface area contributed by atoms with Crippen molar-refractivity contribution < 1.29 is 8.91 Å². The number of hydrogen-bond acceptors (Lipinski definition) is 3. The van der Waals surface area contributed by atoms with Crippen LogP contribution in [0.3, 0.4) is 0 Å². The van der Waals surface area contributed by atoms with E-state index in [0.717, 1.165) is 0 Å². The third kappa shape index (κ3) is 0.876. The molecule has 1 heterocycles. The van der Waals surface area contributed by atoms with Gasteiger partial charge in [0.15, 0.2) is 0 Å². The SMILES string of the molecule is CC1(F)CCc2onc(CN)c21. The molecule has 0 amide bonds. The lowest BCUT2D eigenvalue weighted by molar-refractivity contribution is 0.191. The average molecular weight is 170 g/mol. The highest BCUT2D eigenvalue weighted by atomic mass is 19.1. The van der Waals surface area contributed by atoms with E-state index in [1.165, 1.54) is 0 Å². The Labute approximate surface area is 69.7 Å². The first-order chi connectivity index (χ1) is 5.65. The predicted octanol–water partition coefficient (Wildman–Crippen LogP) is 1.26. The number of aryl methyl sites for hydroxylation is 1. The highest BCUT2D eigenvalue weighted by molar-refractivity contribution is 5.33. The van der Waals surface area contributed by atoms with Crippen LogP contribution in [-0.2, 0) is 18.6 Å². The maximum atomic E-state index is 13.7. The number of nitrogens with two attached hydrogens (primary N) is 1. The van der Waals surface area contributed by atoms with Crippen molar-refractivity contribution in [1.82, 2.24) is 5.16 Å². The van der Waals surface area contributed by atoms with Crippen LogP contribution in [-0.4, -0.2) is 5.16 Å². The fourth-order valence-corrected chi connectivity index (χ4v) is 1.74. The molecule has 1 unspecified atom stereocenters. The summed E-state index contributed by atoms with van der Waals surface area (Å²) in [5.41, 5.74) is 5.26. The highest BCUT2D eigenvalue weighted by Gasteiger charge is 2.40. The average Bonchev–Trinajstić information content (AvgIpc) is 2.53. The Balaban J connectivity index is 2.53. The molecule has 1 aliphatic carbocycles. The minimum absolute atomic E-state index is 0.248. The number of aromatic nitrogens is 1. The number of hydrogen-bond donors (Lipinski definition) is 1. The van der Waals surface area contributed by atoms with Crippen molar-refractivity contribution in [3.8, 4) is 0 Å². The lowest BCUT2D eigenvalue weighted by Gasteiger charge is -2.12. The minimum atomic E-state index is -1.29. The van der Waals surface area contributed by atoms with Gasteiger partial charge in [-0.1, -0.05) is 5.16 Å². The summed E-state index contributed by atoms with van der Waals surface area (Å²) < 4.78 is 18.7. The number of halogens is 1. The molecule has 0 bridgehead atoms. The third-order valence-electron chi connectivity index (χ3n) is 2.37. The normalized spacial score (nSPS) is 27.6. The molecule has 66 valence electrons. The molecule has 12 heavy (non-hydrogen) atoms. The summed E-state index contributed by atoms with van der Waals surface area (Å²) >= 11 is 0. The first-order valence-corrected chi connectivity index (χ1v) is 4.02. The molecule has 0 spiro atoms. The Morgan fingerprint density at radius 3 is 3.17 bits per heavy atom. The maximum absolute atomic E-state index is 13.7. The summed E-state index contributed by atoms with van der Waals surface area (Å²) in [7, 11) is 0. The second kappa shape index (κ2) is 2.29. The van der Waals surface area contributed by atoms with Gasteiger partial charge >= 0.3 is 0 Å². The monoisotopic (exact) mass is 170 g/mol. The number of alkyl halides is 1. The summed E-state index contributed by atoms with van der Waals surface area (Å²) in [5, 5.41) is 3.71. The van der Waals surface area contributed by atoms with Gasteiger partial charge in [-0.3, -0.25) is 0 Å².